The third-order valence-electron chi connectivity index (χ3n) is 7.57. The number of hydrogen-bond donors (Lipinski definition) is 0. The van der Waals surface area contributed by atoms with Crippen LogP contribution in [0.2, 0.25) is 0 Å². The highest BCUT2D eigenvalue weighted by atomic mass is 16.3. The second-order valence-electron chi connectivity index (χ2n) is 9.81. The van der Waals surface area contributed by atoms with Gasteiger partial charge in [-0.3, -0.25) is 0 Å². The van der Waals surface area contributed by atoms with E-state index < -0.39 is 0 Å². The van der Waals surface area contributed by atoms with E-state index >= 15 is 0 Å². The van der Waals surface area contributed by atoms with E-state index in [4.69, 9.17) is 4.42 Å². The van der Waals surface area contributed by atoms with Gasteiger partial charge in [0.1, 0.15) is 5.58 Å². The summed E-state index contributed by atoms with van der Waals surface area (Å²) < 4.78 is 9.05. The number of rotatable bonds is 4. The maximum atomic E-state index is 6.72. The fourth-order valence-corrected chi connectivity index (χ4v) is 5.87. The zero-order valence-corrected chi connectivity index (χ0v) is 21.2. The molecule has 2 aromatic heterocycles. The number of anilines is 3. The summed E-state index contributed by atoms with van der Waals surface area (Å²) in [6.45, 7) is 0. The van der Waals surface area contributed by atoms with Crippen molar-refractivity contribution < 1.29 is 4.42 Å². The highest BCUT2D eigenvalue weighted by Crippen LogP contribution is 2.41. The Bertz CT molecular complexity index is 2030. The van der Waals surface area contributed by atoms with E-state index in [1.54, 1.807) is 0 Å². The predicted octanol–water partition coefficient (Wildman–Crippen LogP) is 10.2. The number of benzene rings is 6. The molecule has 0 fully saturated rings. The third kappa shape index (κ3) is 3.37. The van der Waals surface area contributed by atoms with E-state index in [2.05, 4.69) is 143 Å². The van der Waals surface area contributed by atoms with Crippen LogP contribution in [0.15, 0.2) is 150 Å². The lowest BCUT2D eigenvalue weighted by atomic mass is 10.1. The van der Waals surface area contributed by atoms with Gasteiger partial charge in [0.15, 0.2) is 5.58 Å². The van der Waals surface area contributed by atoms with Crippen LogP contribution in [0, 0.1) is 0 Å². The standard InChI is InChI=1S/C36H24N2O/c1-3-12-25(13-4-1)37(26-14-5-2-6-15-26)27-22-23-30-31-18-11-21-34(36(31)39-35(30)24-27)38-32-19-9-7-16-28(32)29-17-8-10-20-33(29)38/h1-24H. The Labute approximate surface area is 225 Å². The van der Waals surface area contributed by atoms with Gasteiger partial charge in [-0.15, -0.1) is 0 Å². The lowest BCUT2D eigenvalue weighted by Crippen LogP contribution is -2.09. The summed E-state index contributed by atoms with van der Waals surface area (Å²) in [5.74, 6) is 0. The average Bonchev–Trinajstić information content (AvgIpc) is 3.54. The van der Waals surface area contributed by atoms with Gasteiger partial charge in [-0.2, -0.15) is 0 Å². The van der Waals surface area contributed by atoms with Crippen LogP contribution in [0.4, 0.5) is 17.1 Å². The van der Waals surface area contributed by atoms with E-state index in [1.165, 1.54) is 21.8 Å². The summed E-state index contributed by atoms with van der Waals surface area (Å²) in [5.41, 5.74) is 8.41. The van der Waals surface area contributed by atoms with Crippen LogP contribution in [0.3, 0.4) is 0 Å². The van der Waals surface area contributed by atoms with Crippen molar-refractivity contribution in [1.29, 1.82) is 0 Å². The molecular weight excluding hydrogens is 476 g/mol. The van der Waals surface area contributed by atoms with Crippen molar-refractivity contribution in [1.82, 2.24) is 4.57 Å². The summed E-state index contributed by atoms with van der Waals surface area (Å²) >= 11 is 0. The minimum atomic E-state index is 0.868. The molecule has 6 aromatic carbocycles. The van der Waals surface area contributed by atoms with Gasteiger partial charge in [0, 0.05) is 44.7 Å². The molecule has 0 saturated carbocycles. The predicted molar refractivity (Wildman–Crippen MR) is 163 cm³/mol. The maximum Gasteiger partial charge on any atom is 0.159 e. The first-order valence-electron chi connectivity index (χ1n) is 13.2. The van der Waals surface area contributed by atoms with Gasteiger partial charge >= 0.3 is 0 Å². The summed E-state index contributed by atoms with van der Waals surface area (Å²) in [5, 5.41) is 4.70. The van der Waals surface area contributed by atoms with Gasteiger partial charge in [0.05, 0.1) is 16.7 Å². The molecule has 0 aliphatic carbocycles. The Morgan fingerprint density at radius 1 is 0.436 bits per heavy atom. The number of hydrogen-bond acceptors (Lipinski definition) is 2. The zero-order chi connectivity index (χ0) is 25.8. The maximum absolute atomic E-state index is 6.72. The fourth-order valence-electron chi connectivity index (χ4n) is 5.87. The van der Waals surface area contributed by atoms with Crippen molar-refractivity contribution in [3.8, 4) is 5.69 Å². The summed E-state index contributed by atoms with van der Waals surface area (Å²) in [7, 11) is 0. The lowest BCUT2D eigenvalue weighted by molar-refractivity contribution is 0.666. The second-order valence-corrected chi connectivity index (χ2v) is 9.81. The molecule has 0 aliphatic rings. The summed E-state index contributed by atoms with van der Waals surface area (Å²) in [6, 6.07) is 51.1. The number of furan rings is 1. The number of fused-ring (bicyclic) bond motifs is 6. The largest absolute Gasteiger partial charge is 0.454 e. The Balaban J connectivity index is 1.37. The molecule has 0 bridgehead atoms. The smallest absolute Gasteiger partial charge is 0.159 e. The van der Waals surface area contributed by atoms with E-state index in [-0.39, 0.29) is 0 Å². The Hall–Kier alpha value is -5.28. The second kappa shape index (κ2) is 8.64. The molecule has 8 aromatic rings. The molecule has 184 valence electrons. The molecule has 3 nitrogen and oxygen atoms in total. The van der Waals surface area contributed by atoms with Crippen LogP contribution in [-0.4, -0.2) is 4.57 Å². The number of para-hydroxylation sites is 5. The van der Waals surface area contributed by atoms with Crippen molar-refractivity contribution in [3.63, 3.8) is 0 Å². The minimum absolute atomic E-state index is 0.868. The van der Waals surface area contributed by atoms with Crippen LogP contribution in [-0.2, 0) is 0 Å². The minimum Gasteiger partial charge on any atom is -0.454 e. The SMILES string of the molecule is c1ccc(N(c2ccccc2)c2ccc3c(c2)oc2c(-n4c5ccccc5c5ccccc54)cccc23)cc1. The van der Waals surface area contributed by atoms with Crippen LogP contribution >= 0.6 is 0 Å². The van der Waals surface area contributed by atoms with Crippen LogP contribution in [0.25, 0.3) is 49.4 Å². The van der Waals surface area contributed by atoms with Crippen molar-refractivity contribution in [2.45, 2.75) is 0 Å². The Kier molecular flexibility index (Phi) is 4.82. The Morgan fingerprint density at radius 2 is 1.00 bits per heavy atom. The van der Waals surface area contributed by atoms with Crippen molar-refractivity contribution in [2.24, 2.45) is 0 Å². The molecule has 39 heavy (non-hydrogen) atoms. The molecular formula is C36H24N2O. The normalized spacial score (nSPS) is 11.6. The molecule has 0 amide bonds. The first-order chi connectivity index (χ1) is 19.4. The van der Waals surface area contributed by atoms with Crippen molar-refractivity contribution in [2.75, 3.05) is 4.90 Å². The van der Waals surface area contributed by atoms with Gasteiger partial charge in [-0.05, 0) is 54.6 Å². The molecule has 0 spiro atoms. The Morgan fingerprint density at radius 3 is 1.64 bits per heavy atom. The lowest BCUT2D eigenvalue weighted by Gasteiger charge is -2.25. The molecule has 0 aliphatic heterocycles. The van der Waals surface area contributed by atoms with E-state index in [0.717, 1.165) is 44.7 Å². The van der Waals surface area contributed by atoms with Gasteiger partial charge in [0.25, 0.3) is 0 Å². The average molecular weight is 501 g/mol. The highest BCUT2D eigenvalue weighted by Gasteiger charge is 2.19. The summed E-state index contributed by atoms with van der Waals surface area (Å²) in [4.78, 5) is 2.26. The van der Waals surface area contributed by atoms with Gasteiger partial charge < -0.3 is 13.9 Å². The zero-order valence-electron chi connectivity index (χ0n) is 21.2. The van der Waals surface area contributed by atoms with E-state index in [0.29, 0.717) is 0 Å². The molecule has 3 heteroatoms. The highest BCUT2D eigenvalue weighted by molar-refractivity contribution is 6.13. The third-order valence-corrected chi connectivity index (χ3v) is 7.57. The number of nitrogens with zero attached hydrogens (tertiary/aromatic N) is 2. The molecule has 0 atom stereocenters. The van der Waals surface area contributed by atoms with Crippen LogP contribution < -0.4 is 4.90 Å². The van der Waals surface area contributed by atoms with E-state index in [9.17, 15) is 0 Å². The number of aromatic nitrogens is 1. The monoisotopic (exact) mass is 500 g/mol. The molecule has 2 heterocycles. The molecule has 8 rings (SSSR count). The first kappa shape index (κ1) is 21.8. The van der Waals surface area contributed by atoms with Crippen molar-refractivity contribution in [3.05, 3.63) is 146 Å². The van der Waals surface area contributed by atoms with Gasteiger partial charge in [-0.1, -0.05) is 84.9 Å². The van der Waals surface area contributed by atoms with Crippen LogP contribution in [0.5, 0.6) is 0 Å². The van der Waals surface area contributed by atoms with Gasteiger partial charge in [-0.25, -0.2) is 0 Å². The molecule has 0 saturated heterocycles. The topological polar surface area (TPSA) is 21.3 Å². The molecule has 0 N–H and O–H groups in total. The van der Waals surface area contributed by atoms with Crippen LogP contribution in [0.1, 0.15) is 0 Å². The fraction of sp³-hybridized carbons (Fsp3) is 0. The summed E-state index contributed by atoms with van der Waals surface area (Å²) in [6.07, 6.45) is 0. The van der Waals surface area contributed by atoms with E-state index in [1.807, 2.05) is 12.1 Å². The van der Waals surface area contributed by atoms with Gasteiger partial charge in [0.2, 0.25) is 0 Å². The first-order valence-corrected chi connectivity index (χ1v) is 13.2. The quantitative estimate of drug-likeness (QED) is 0.240. The molecule has 0 unspecified atom stereocenters. The molecule has 0 radical (unpaired) electrons. The van der Waals surface area contributed by atoms with Crippen molar-refractivity contribution >= 4 is 60.8 Å².